The zero-order chi connectivity index (χ0) is 27.1. The van der Waals surface area contributed by atoms with Gasteiger partial charge in [0.15, 0.2) is 0 Å². The van der Waals surface area contributed by atoms with Crippen molar-refractivity contribution in [1.82, 2.24) is 0 Å². The maximum atomic E-state index is 12.0. The van der Waals surface area contributed by atoms with Crippen LogP contribution in [0.4, 0.5) is 0 Å². The standard InChI is InChI=1S/C27H56NO7P/c1-6-7-8-9-10-11-12-13-16-19-26(29)20-17-14-15-18-22-33-24-27(32-5)25-35-36(30,31)34-23-21-28(2,3)4/h27H,6-25H2,1-5H3/p+1. The summed E-state index contributed by atoms with van der Waals surface area (Å²) in [6.07, 6.45) is 16.4. The summed E-state index contributed by atoms with van der Waals surface area (Å²) in [6.45, 7) is 3.77. The Balaban J connectivity index is 3.61. The lowest BCUT2D eigenvalue weighted by atomic mass is 10.0. The van der Waals surface area contributed by atoms with Gasteiger partial charge < -0.3 is 18.9 Å². The second kappa shape index (κ2) is 22.6. The van der Waals surface area contributed by atoms with Crippen molar-refractivity contribution in [3.05, 3.63) is 0 Å². The van der Waals surface area contributed by atoms with Crippen LogP contribution in [0.3, 0.4) is 0 Å². The zero-order valence-electron chi connectivity index (χ0n) is 24.0. The number of quaternary nitrogens is 1. The maximum absolute atomic E-state index is 12.0. The molecule has 0 fully saturated rings. The van der Waals surface area contributed by atoms with Gasteiger partial charge in [-0.2, -0.15) is 0 Å². The monoisotopic (exact) mass is 538 g/mol. The first kappa shape index (κ1) is 35.7. The summed E-state index contributed by atoms with van der Waals surface area (Å²) in [6, 6.07) is 0. The molecule has 0 bridgehead atoms. The number of phosphoric acid groups is 1. The molecule has 0 aliphatic heterocycles. The molecule has 0 heterocycles. The molecular formula is C27H57NO7P+. The van der Waals surface area contributed by atoms with Crippen molar-refractivity contribution in [2.75, 3.05) is 61.2 Å². The number of likely N-dealkylation sites (N-methyl/N-ethyl adjacent to an activating group) is 1. The highest BCUT2D eigenvalue weighted by atomic mass is 31.2. The van der Waals surface area contributed by atoms with Crippen molar-refractivity contribution in [2.24, 2.45) is 0 Å². The molecule has 36 heavy (non-hydrogen) atoms. The number of ether oxygens (including phenoxy) is 2. The number of carbonyl (C=O) groups excluding carboxylic acids is 1. The lowest BCUT2D eigenvalue weighted by molar-refractivity contribution is -0.870. The summed E-state index contributed by atoms with van der Waals surface area (Å²) in [4.78, 5) is 21.8. The lowest BCUT2D eigenvalue weighted by Gasteiger charge is -2.24. The van der Waals surface area contributed by atoms with Gasteiger partial charge in [0.1, 0.15) is 25.0 Å². The molecule has 0 aliphatic rings. The number of rotatable bonds is 27. The molecule has 1 N–H and O–H groups in total. The number of Topliss-reactive ketones (excluding diaryl/α,β-unsaturated/α-hetero) is 1. The number of unbranched alkanes of at least 4 members (excludes halogenated alkanes) is 11. The van der Waals surface area contributed by atoms with E-state index in [0.717, 1.165) is 38.5 Å². The fourth-order valence-electron chi connectivity index (χ4n) is 3.68. The fourth-order valence-corrected chi connectivity index (χ4v) is 4.42. The van der Waals surface area contributed by atoms with E-state index in [1.54, 1.807) is 0 Å². The number of hydrogen-bond donors (Lipinski definition) is 1. The Morgan fingerprint density at radius 1 is 0.778 bits per heavy atom. The Hall–Kier alpha value is -0.340. The number of nitrogens with zero attached hydrogens (tertiary/aromatic N) is 1. The molecular weight excluding hydrogens is 481 g/mol. The second-order valence-electron chi connectivity index (χ2n) is 10.8. The highest BCUT2D eigenvalue weighted by molar-refractivity contribution is 7.47. The first-order valence-corrected chi connectivity index (χ1v) is 15.6. The first-order valence-electron chi connectivity index (χ1n) is 14.1. The van der Waals surface area contributed by atoms with E-state index in [-0.39, 0.29) is 19.8 Å². The third kappa shape index (κ3) is 25.3. The maximum Gasteiger partial charge on any atom is 0.472 e. The molecule has 0 rings (SSSR count). The van der Waals surface area contributed by atoms with Gasteiger partial charge in [0, 0.05) is 26.6 Å². The van der Waals surface area contributed by atoms with Crippen LogP contribution in [0.5, 0.6) is 0 Å². The molecule has 2 unspecified atom stereocenters. The zero-order valence-corrected chi connectivity index (χ0v) is 24.9. The Kier molecular flexibility index (Phi) is 22.4. The molecule has 0 aromatic carbocycles. The SMILES string of the molecule is CCCCCCCCCCCC(=O)CCCCCCOCC(COP(=O)(O)OCC[N+](C)(C)C)OC. The predicted molar refractivity (Wildman–Crippen MR) is 146 cm³/mol. The minimum Gasteiger partial charge on any atom is -0.379 e. The molecule has 0 saturated carbocycles. The number of ketones is 1. The topological polar surface area (TPSA) is 91.3 Å². The Morgan fingerprint density at radius 2 is 1.31 bits per heavy atom. The highest BCUT2D eigenvalue weighted by Crippen LogP contribution is 2.43. The number of hydrogen-bond acceptors (Lipinski definition) is 6. The molecule has 0 amide bonds. The molecule has 0 aliphatic carbocycles. The van der Waals surface area contributed by atoms with Crippen LogP contribution in [-0.2, 0) is 27.9 Å². The summed E-state index contributed by atoms with van der Waals surface area (Å²) in [5.74, 6) is 0.403. The van der Waals surface area contributed by atoms with Gasteiger partial charge in [-0.15, -0.1) is 0 Å². The van der Waals surface area contributed by atoms with E-state index >= 15 is 0 Å². The largest absolute Gasteiger partial charge is 0.472 e. The van der Waals surface area contributed by atoms with Gasteiger partial charge in [0.05, 0.1) is 34.4 Å². The third-order valence-corrected chi connectivity index (χ3v) is 7.11. The smallest absolute Gasteiger partial charge is 0.379 e. The van der Waals surface area contributed by atoms with Crippen molar-refractivity contribution in [1.29, 1.82) is 0 Å². The quantitative estimate of drug-likeness (QED) is 0.0746. The van der Waals surface area contributed by atoms with Gasteiger partial charge >= 0.3 is 7.82 Å². The van der Waals surface area contributed by atoms with Crippen molar-refractivity contribution < 1.29 is 37.3 Å². The molecule has 0 spiro atoms. The van der Waals surface area contributed by atoms with Gasteiger partial charge in [0.25, 0.3) is 0 Å². The molecule has 8 nitrogen and oxygen atoms in total. The summed E-state index contributed by atoms with van der Waals surface area (Å²) >= 11 is 0. The number of carbonyl (C=O) groups is 1. The Labute approximate surface area is 221 Å². The lowest BCUT2D eigenvalue weighted by Crippen LogP contribution is -2.37. The van der Waals surface area contributed by atoms with Crippen LogP contribution in [0.25, 0.3) is 0 Å². The van der Waals surface area contributed by atoms with Crippen LogP contribution in [0.15, 0.2) is 0 Å². The predicted octanol–water partition coefficient (Wildman–Crippen LogP) is 6.30. The van der Waals surface area contributed by atoms with Crippen molar-refractivity contribution >= 4 is 13.6 Å². The van der Waals surface area contributed by atoms with Crippen LogP contribution in [0.1, 0.15) is 103 Å². The van der Waals surface area contributed by atoms with Crippen molar-refractivity contribution in [2.45, 2.75) is 109 Å². The van der Waals surface area contributed by atoms with Crippen LogP contribution < -0.4 is 0 Å². The molecule has 216 valence electrons. The van der Waals surface area contributed by atoms with Gasteiger partial charge in [0.2, 0.25) is 0 Å². The second-order valence-corrected chi connectivity index (χ2v) is 12.3. The number of methoxy groups -OCH3 is 1. The van der Waals surface area contributed by atoms with E-state index in [1.165, 1.54) is 58.5 Å². The molecule has 0 radical (unpaired) electrons. The molecule has 0 aromatic rings. The van der Waals surface area contributed by atoms with Crippen LogP contribution in [-0.4, -0.2) is 82.5 Å². The average molecular weight is 539 g/mol. The minimum absolute atomic E-state index is 0.0737. The van der Waals surface area contributed by atoms with E-state index in [2.05, 4.69) is 6.92 Å². The first-order chi connectivity index (χ1) is 17.1. The molecule has 9 heteroatoms. The van der Waals surface area contributed by atoms with Crippen molar-refractivity contribution in [3.8, 4) is 0 Å². The van der Waals surface area contributed by atoms with E-state index in [0.29, 0.717) is 29.8 Å². The average Bonchev–Trinajstić information content (AvgIpc) is 2.80. The van der Waals surface area contributed by atoms with E-state index in [4.69, 9.17) is 18.5 Å². The summed E-state index contributed by atoms with van der Waals surface area (Å²) in [5.41, 5.74) is 0. The Morgan fingerprint density at radius 3 is 1.83 bits per heavy atom. The van der Waals surface area contributed by atoms with Crippen LogP contribution >= 0.6 is 7.82 Å². The Bertz CT molecular complexity index is 569. The highest BCUT2D eigenvalue weighted by Gasteiger charge is 2.24. The van der Waals surface area contributed by atoms with E-state index in [1.807, 2.05) is 21.1 Å². The molecule has 0 saturated heterocycles. The van der Waals surface area contributed by atoms with Crippen molar-refractivity contribution in [3.63, 3.8) is 0 Å². The summed E-state index contributed by atoms with van der Waals surface area (Å²) in [7, 11) is 3.34. The number of phosphoric ester groups is 1. The normalized spacial score (nSPS) is 14.6. The summed E-state index contributed by atoms with van der Waals surface area (Å²) in [5, 5.41) is 0. The molecule has 0 aromatic heterocycles. The molecule has 2 atom stereocenters. The van der Waals surface area contributed by atoms with E-state index < -0.39 is 13.9 Å². The van der Waals surface area contributed by atoms with E-state index in [9.17, 15) is 14.3 Å². The van der Waals surface area contributed by atoms with Gasteiger partial charge in [-0.1, -0.05) is 71.1 Å². The van der Waals surface area contributed by atoms with Crippen LogP contribution in [0.2, 0.25) is 0 Å². The fraction of sp³-hybridized carbons (Fsp3) is 0.963. The van der Waals surface area contributed by atoms with Gasteiger partial charge in [-0.25, -0.2) is 4.57 Å². The van der Waals surface area contributed by atoms with Gasteiger partial charge in [-0.05, 0) is 19.3 Å². The van der Waals surface area contributed by atoms with Crippen LogP contribution in [0, 0.1) is 0 Å². The summed E-state index contributed by atoms with van der Waals surface area (Å²) < 4.78 is 33.5. The van der Waals surface area contributed by atoms with Gasteiger partial charge in [-0.3, -0.25) is 13.8 Å². The third-order valence-electron chi connectivity index (χ3n) is 6.13. The minimum atomic E-state index is -4.10.